The second-order valence-electron chi connectivity index (χ2n) is 4.86. The van der Waals surface area contributed by atoms with Crippen molar-refractivity contribution >= 4 is 17.3 Å². The van der Waals surface area contributed by atoms with Crippen molar-refractivity contribution in [3.8, 4) is 0 Å². The number of aromatic nitrogens is 1. The highest BCUT2D eigenvalue weighted by Crippen LogP contribution is 2.30. The Morgan fingerprint density at radius 3 is 2.63 bits per heavy atom. The number of nitrogens with zero attached hydrogens (tertiary/aromatic N) is 3. The molecule has 1 heterocycles. The summed E-state index contributed by atoms with van der Waals surface area (Å²) >= 11 is 0. The standard InChI is InChI=1S/C12H20N4O3/c1-5-13-10-7-6-9(16(18)19)11(14-10)15(4)12(2,3)8-17/h6-7,17H,5,8H2,1-4H3,(H,13,14). The van der Waals surface area contributed by atoms with Crippen LogP contribution in [0.1, 0.15) is 20.8 Å². The monoisotopic (exact) mass is 268 g/mol. The summed E-state index contributed by atoms with van der Waals surface area (Å²) in [6.07, 6.45) is 0. The molecule has 19 heavy (non-hydrogen) atoms. The van der Waals surface area contributed by atoms with Crippen molar-refractivity contribution in [2.45, 2.75) is 26.3 Å². The van der Waals surface area contributed by atoms with E-state index in [-0.39, 0.29) is 18.1 Å². The van der Waals surface area contributed by atoms with Gasteiger partial charge in [0.15, 0.2) is 0 Å². The zero-order valence-corrected chi connectivity index (χ0v) is 11.7. The molecule has 0 spiro atoms. The molecule has 1 rings (SSSR count). The molecular formula is C12H20N4O3. The van der Waals surface area contributed by atoms with Gasteiger partial charge >= 0.3 is 5.69 Å². The maximum absolute atomic E-state index is 11.1. The van der Waals surface area contributed by atoms with E-state index in [4.69, 9.17) is 0 Å². The molecule has 0 aliphatic carbocycles. The lowest BCUT2D eigenvalue weighted by Crippen LogP contribution is -2.45. The first kappa shape index (κ1) is 15.2. The number of pyridine rings is 1. The van der Waals surface area contributed by atoms with Crippen molar-refractivity contribution in [3.05, 3.63) is 22.2 Å². The van der Waals surface area contributed by atoms with Gasteiger partial charge in [0.1, 0.15) is 5.82 Å². The van der Waals surface area contributed by atoms with Crippen LogP contribution >= 0.6 is 0 Å². The van der Waals surface area contributed by atoms with E-state index in [0.29, 0.717) is 12.4 Å². The van der Waals surface area contributed by atoms with Gasteiger partial charge in [-0.3, -0.25) is 10.1 Å². The number of nitro groups is 1. The Balaban J connectivity index is 3.28. The summed E-state index contributed by atoms with van der Waals surface area (Å²) in [6.45, 7) is 6.05. The molecule has 0 atom stereocenters. The summed E-state index contributed by atoms with van der Waals surface area (Å²) in [7, 11) is 1.68. The molecule has 0 saturated heterocycles. The van der Waals surface area contributed by atoms with E-state index < -0.39 is 10.5 Å². The number of likely N-dealkylation sites (N-methyl/N-ethyl adjacent to an activating group) is 1. The second kappa shape index (κ2) is 5.83. The molecule has 7 heteroatoms. The van der Waals surface area contributed by atoms with Gasteiger partial charge in [-0.05, 0) is 26.8 Å². The van der Waals surface area contributed by atoms with Crippen LogP contribution in [-0.2, 0) is 0 Å². The Labute approximate surface area is 112 Å². The summed E-state index contributed by atoms with van der Waals surface area (Å²) < 4.78 is 0. The molecule has 2 N–H and O–H groups in total. The molecule has 0 aliphatic rings. The van der Waals surface area contributed by atoms with Crippen LogP contribution in [0, 0.1) is 10.1 Å². The molecule has 0 aliphatic heterocycles. The van der Waals surface area contributed by atoms with E-state index in [1.54, 1.807) is 31.9 Å². The van der Waals surface area contributed by atoms with Crippen LogP contribution in [-0.4, -0.2) is 40.8 Å². The van der Waals surface area contributed by atoms with Crippen LogP contribution in [0.15, 0.2) is 12.1 Å². The van der Waals surface area contributed by atoms with E-state index in [2.05, 4.69) is 10.3 Å². The van der Waals surface area contributed by atoms with Gasteiger partial charge in [0, 0.05) is 19.7 Å². The molecule has 0 bridgehead atoms. The SMILES string of the molecule is CCNc1ccc([N+](=O)[O-])c(N(C)C(C)(C)CO)n1. The molecule has 1 aromatic rings. The third-order valence-electron chi connectivity index (χ3n) is 3.02. The molecule has 106 valence electrons. The Hall–Kier alpha value is -1.89. The Bertz CT molecular complexity index is 462. The second-order valence-corrected chi connectivity index (χ2v) is 4.86. The molecule has 0 amide bonds. The van der Waals surface area contributed by atoms with Crippen LogP contribution in [0.3, 0.4) is 0 Å². The van der Waals surface area contributed by atoms with Crippen LogP contribution in [0.4, 0.5) is 17.3 Å². The third-order valence-corrected chi connectivity index (χ3v) is 3.02. The van der Waals surface area contributed by atoms with E-state index in [9.17, 15) is 15.2 Å². The summed E-state index contributed by atoms with van der Waals surface area (Å²) in [5, 5.41) is 23.5. The average molecular weight is 268 g/mol. The summed E-state index contributed by atoms with van der Waals surface area (Å²) in [6, 6.07) is 3.00. The predicted octanol–water partition coefficient (Wildman–Crippen LogP) is 1.63. The molecule has 0 saturated carbocycles. The van der Waals surface area contributed by atoms with Crippen molar-refractivity contribution < 1.29 is 10.0 Å². The normalized spacial score (nSPS) is 11.2. The molecule has 1 aromatic heterocycles. The lowest BCUT2D eigenvalue weighted by molar-refractivity contribution is -0.384. The van der Waals surface area contributed by atoms with Crippen molar-refractivity contribution in [2.24, 2.45) is 0 Å². The van der Waals surface area contributed by atoms with Crippen molar-refractivity contribution in [2.75, 3.05) is 30.4 Å². The predicted molar refractivity (Wildman–Crippen MR) is 74.6 cm³/mol. The number of rotatable bonds is 6. The molecule has 7 nitrogen and oxygen atoms in total. The number of aliphatic hydroxyl groups is 1. The smallest absolute Gasteiger partial charge is 0.311 e. The maximum atomic E-state index is 11.1. The number of nitrogens with one attached hydrogen (secondary N) is 1. The lowest BCUT2D eigenvalue weighted by Gasteiger charge is -2.34. The molecule has 0 aromatic carbocycles. The molecule has 0 fully saturated rings. The number of anilines is 2. The van der Waals surface area contributed by atoms with Gasteiger partial charge in [-0.1, -0.05) is 0 Å². The Kier molecular flexibility index (Phi) is 4.66. The van der Waals surface area contributed by atoms with E-state index in [0.717, 1.165) is 0 Å². The summed E-state index contributed by atoms with van der Waals surface area (Å²) in [5.41, 5.74) is -0.714. The van der Waals surface area contributed by atoms with Gasteiger partial charge in [0.2, 0.25) is 5.82 Å². The van der Waals surface area contributed by atoms with Gasteiger partial charge < -0.3 is 15.3 Å². The van der Waals surface area contributed by atoms with Crippen molar-refractivity contribution in [3.63, 3.8) is 0 Å². The molecule has 0 radical (unpaired) electrons. The van der Waals surface area contributed by atoms with Crippen LogP contribution in [0.2, 0.25) is 0 Å². The summed E-state index contributed by atoms with van der Waals surface area (Å²) in [4.78, 5) is 16.5. The van der Waals surface area contributed by atoms with Gasteiger partial charge in [0.05, 0.1) is 17.1 Å². The zero-order chi connectivity index (χ0) is 14.6. The van der Waals surface area contributed by atoms with Gasteiger partial charge in [-0.25, -0.2) is 4.98 Å². The first-order chi connectivity index (χ1) is 8.83. The minimum absolute atomic E-state index is 0.0781. The first-order valence-corrected chi connectivity index (χ1v) is 6.07. The molecule has 0 unspecified atom stereocenters. The number of hydrogen-bond acceptors (Lipinski definition) is 6. The van der Waals surface area contributed by atoms with E-state index in [1.165, 1.54) is 6.07 Å². The zero-order valence-electron chi connectivity index (χ0n) is 11.7. The fraction of sp³-hybridized carbons (Fsp3) is 0.583. The van der Waals surface area contributed by atoms with Crippen molar-refractivity contribution in [1.82, 2.24) is 4.98 Å². The average Bonchev–Trinajstić information content (AvgIpc) is 2.37. The number of aliphatic hydroxyl groups excluding tert-OH is 1. The Morgan fingerprint density at radius 2 is 2.16 bits per heavy atom. The molecular weight excluding hydrogens is 248 g/mol. The van der Waals surface area contributed by atoms with Crippen LogP contribution in [0.25, 0.3) is 0 Å². The van der Waals surface area contributed by atoms with Crippen LogP contribution in [0.5, 0.6) is 0 Å². The fourth-order valence-corrected chi connectivity index (χ4v) is 1.50. The van der Waals surface area contributed by atoms with E-state index in [1.807, 2.05) is 6.92 Å². The number of hydrogen-bond donors (Lipinski definition) is 2. The maximum Gasteiger partial charge on any atom is 0.311 e. The minimum Gasteiger partial charge on any atom is -0.394 e. The minimum atomic E-state index is -0.636. The van der Waals surface area contributed by atoms with Gasteiger partial charge in [0.25, 0.3) is 0 Å². The van der Waals surface area contributed by atoms with Crippen molar-refractivity contribution in [1.29, 1.82) is 0 Å². The highest BCUT2D eigenvalue weighted by molar-refractivity contribution is 5.62. The topological polar surface area (TPSA) is 91.5 Å². The fourth-order valence-electron chi connectivity index (χ4n) is 1.50. The quantitative estimate of drug-likeness (QED) is 0.602. The van der Waals surface area contributed by atoms with E-state index >= 15 is 0 Å². The highest BCUT2D eigenvalue weighted by atomic mass is 16.6. The largest absolute Gasteiger partial charge is 0.394 e. The van der Waals surface area contributed by atoms with Gasteiger partial charge in [-0.15, -0.1) is 0 Å². The van der Waals surface area contributed by atoms with Crippen LogP contribution < -0.4 is 10.2 Å². The summed E-state index contributed by atoms with van der Waals surface area (Å²) in [5.74, 6) is 0.811. The lowest BCUT2D eigenvalue weighted by atomic mass is 10.1. The van der Waals surface area contributed by atoms with Gasteiger partial charge in [-0.2, -0.15) is 0 Å². The third kappa shape index (κ3) is 3.31. The highest BCUT2D eigenvalue weighted by Gasteiger charge is 2.29. The Morgan fingerprint density at radius 1 is 1.53 bits per heavy atom. The first-order valence-electron chi connectivity index (χ1n) is 6.07.